The minimum Gasteiger partial charge on any atom is -0.392 e. The zero-order valence-corrected chi connectivity index (χ0v) is 10.6. The van der Waals surface area contributed by atoms with Gasteiger partial charge in [-0.25, -0.2) is 0 Å². The van der Waals surface area contributed by atoms with Gasteiger partial charge in [0.15, 0.2) is 0 Å². The maximum absolute atomic E-state index is 8.96. The van der Waals surface area contributed by atoms with Crippen LogP contribution in [0.5, 0.6) is 0 Å². The van der Waals surface area contributed by atoms with Crippen LogP contribution in [-0.4, -0.2) is 11.7 Å². The molecular weight excluding hydrogens is 196 g/mol. The topological polar surface area (TPSA) is 20.2 Å². The van der Waals surface area contributed by atoms with Crippen molar-refractivity contribution in [3.8, 4) is 0 Å². The molecule has 2 saturated carbocycles. The maximum Gasteiger partial charge on any atom is 0.0639 e. The van der Waals surface area contributed by atoms with Crippen molar-refractivity contribution in [3.63, 3.8) is 0 Å². The van der Waals surface area contributed by atoms with Gasteiger partial charge in [-0.3, -0.25) is 0 Å². The van der Waals surface area contributed by atoms with Crippen molar-refractivity contribution in [1.82, 2.24) is 0 Å². The molecule has 2 aliphatic carbocycles. The molecule has 0 aromatic rings. The zero-order valence-electron chi connectivity index (χ0n) is 10.6. The second kappa shape index (κ2) is 4.37. The van der Waals surface area contributed by atoms with Crippen molar-refractivity contribution in [1.29, 1.82) is 0 Å². The molecule has 3 atom stereocenters. The summed E-state index contributed by atoms with van der Waals surface area (Å²) in [6, 6.07) is 0. The highest BCUT2D eigenvalue weighted by Gasteiger charge is 2.49. The smallest absolute Gasteiger partial charge is 0.0639 e. The first-order valence-electron chi connectivity index (χ1n) is 6.53. The second-order valence-electron chi connectivity index (χ2n) is 5.90. The fourth-order valence-electron chi connectivity index (χ4n) is 3.65. The molecule has 1 unspecified atom stereocenters. The Morgan fingerprint density at radius 1 is 1.56 bits per heavy atom. The van der Waals surface area contributed by atoms with Crippen molar-refractivity contribution >= 4 is 0 Å². The first-order chi connectivity index (χ1) is 7.58. The van der Waals surface area contributed by atoms with E-state index in [1.165, 1.54) is 31.3 Å². The van der Waals surface area contributed by atoms with E-state index >= 15 is 0 Å². The molecule has 0 radical (unpaired) electrons. The summed E-state index contributed by atoms with van der Waals surface area (Å²) in [6.45, 7) is 8.94. The van der Waals surface area contributed by atoms with Crippen LogP contribution in [0.1, 0.15) is 46.0 Å². The highest BCUT2D eigenvalue weighted by atomic mass is 16.3. The molecule has 2 aliphatic rings. The minimum atomic E-state index is 0.198. The van der Waals surface area contributed by atoms with E-state index in [0.29, 0.717) is 5.41 Å². The fourth-order valence-corrected chi connectivity index (χ4v) is 3.65. The number of aliphatic hydroxyl groups excluding tert-OH is 1. The Balaban J connectivity index is 1.96. The number of rotatable bonds is 4. The predicted molar refractivity (Wildman–Crippen MR) is 68.2 cm³/mol. The van der Waals surface area contributed by atoms with Crippen molar-refractivity contribution in [2.45, 2.75) is 46.0 Å². The van der Waals surface area contributed by atoms with Gasteiger partial charge in [0.25, 0.3) is 0 Å². The van der Waals surface area contributed by atoms with Gasteiger partial charge in [-0.15, -0.1) is 0 Å². The Morgan fingerprint density at radius 3 is 2.88 bits per heavy atom. The van der Waals surface area contributed by atoms with Gasteiger partial charge in [-0.1, -0.05) is 30.7 Å². The van der Waals surface area contributed by atoms with Gasteiger partial charge < -0.3 is 5.11 Å². The van der Waals surface area contributed by atoms with Crippen molar-refractivity contribution in [2.75, 3.05) is 6.61 Å². The maximum atomic E-state index is 8.96. The molecule has 0 saturated heterocycles. The molecule has 0 aliphatic heterocycles. The molecule has 16 heavy (non-hydrogen) atoms. The third kappa shape index (κ3) is 1.86. The van der Waals surface area contributed by atoms with E-state index in [1.807, 2.05) is 6.92 Å². The number of aliphatic hydroxyl groups is 1. The highest BCUT2D eigenvalue weighted by molar-refractivity contribution is 5.24. The van der Waals surface area contributed by atoms with E-state index in [0.717, 1.165) is 23.8 Å². The Bertz CT molecular complexity index is 315. The molecule has 0 spiro atoms. The summed E-state index contributed by atoms with van der Waals surface area (Å²) in [5.41, 5.74) is 2.99. The van der Waals surface area contributed by atoms with Crippen LogP contribution >= 0.6 is 0 Å². The lowest BCUT2D eigenvalue weighted by Gasteiger charge is -2.36. The Labute approximate surface area is 99.3 Å². The molecule has 0 amide bonds. The van der Waals surface area contributed by atoms with Crippen molar-refractivity contribution < 1.29 is 5.11 Å². The van der Waals surface area contributed by atoms with Gasteiger partial charge in [0.05, 0.1) is 6.61 Å². The van der Waals surface area contributed by atoms with Gasteiger partial charge in [0.2, 0.25) is 0 Å². The van der Waals surface area contributed by atoms with Gasteiger partial charge in [0, 0.05) is 0 Å². The van der Waals surface area contributed by atoms with Gasteiger partial charge in [-0.05, 0) is 56.3 Å². The van der Waals surface area contributed by atoms with Crippen molar-refractivity contribution in [3.05, 3.63) is 23.8 Å². The first-order valence-corrected chi connectivity index (χ1v) is 6.53. The SMILES string of the molecule is C=C1C2CC[C@@H](C2)[C@]1(C)CCC=C(C)CO. The zero-order chi connectivity index (χ0) is 11.8. The quantitative estimate of drug-likeness (QED) is 0.716. The predicted octanol–water partition coefficient (Wildman–Crippen LogP) is 3.70. The fraction of sp³-hybridized carbons (Fsp3) is 0.733. The summed E-state index contributed by atoms with van der Waals surface area (Å²) in [6.07, 6.45) is 8.66. The number of hydrogen-bond donors (Lipinski definition) is 1. The van der Waals surface area contributed by atoms with E-state index in [1.54, 1.807) is 0 Å². The molecule has 90 valence electrons. The average molecular weight is 220 g/mol. The van der Waals surface area contributed by atoms with E-state index in [-0.39, 0.29) is 6.61 Å². The Morgan fingerprint density at radius 2 is 2.31 bits per heavy atom. The molecular formula is C15H24O. The van der Waals surface area contributed by atoms with Crippen LogP contribution in [0.4, 0.5) is 0 Å². The summed E-state index contributed by atoms with van der Waals surface area (Å²) < 4.78 is 0. The summed E-state index contributed by atoms with van der Waals surface area (Å²) in [5.74, 6) is 1.70. The van der Waals surface area contributed by atoms with Gasteiger partial charge in [-0.2, -0.15) is 0 Å². The van der Waals surface area contributed by atoms with E-state index < -0.39 is 0 Å². The lowest BCUT2D eigenvalue weighted by molar-refractivity contribution is 0.240. The van der Waals surface area contributed by atoms with Gasteiger partial charge >= 0.3 is 0 Å². The molecule has 2 fully saturated rings. The molecule has 0 aromatic carbocycles. The largest absolute Gasteiger partial charge is 0.392 e. The number of hydrogen-bond acceptors (Lipinski definition) is 1. The molecule has 0 aromatic heterocycles. The Kier molecular flexibility index (Phi) is 3.25. The standard InChI is InChI=1S/C15H24O/c1-11(10-16)5-4-8-15(3)12(2)13-6-7-14(15)9-13/h5,13-14,16H,2,4,6-10H2,1,3H3/t13?,14-,15+/m0/s1. The molecule has 1 N–H and O–H groups in total. The normalized spacial score (nSPS) is 38.4. The lowest BCUT2D eigenvalue weighted by atomic mass is 9.69. The van der Waals surface area contributed by atoms with Crippen LogP contribution in [0, 0.1) is 17.3 Å². The number of allylic oxidation sites excluding steroid dienone is 2. The number of fused-ring (bicyclic) bond motifs is 2. The Hall–Kier alpha value is -0.560. The molecule has 2 bridgehead atoms. The van der Waals surface area contributed by atoms with Crippen LogP contribution in [-0.2, 0) is 0 Å². The first kappa shape index (κ1) is 11.9. The van der Waals surface area contributed by atoms with Gasteiger partial charge in [0.1, 0.15) is 0 Å². The van der Waals surface area contributed by atoms with E-state index in [2.05, 4.69) is 19.6 Å². The molecule has 1 heteroatoms. The van der Waals surface area contributed by atoms with E-state index in [9.17, 15) is 0 Å². The summed E-state index contributed by atoms with van der Waals surface area (Å²) in [4.78, 5) is 0. The molecule has 2 rings (SSSR count). The average Bonchev–Trinajstić information content (AvgIpc) is 2.83. The van der Waals surface area contributed by atoms with E-state index in [4.69, 9.17) is 5.11 Å². The summed E-state index contributed by atoms with van der Waals surface area (Å²) in [5, 5.41) is 8.96. The second-order valence-corrected chi connectivity index (χ2v) is 5.90. The lowest BCUT2D eigenvalue weighted by Crippen LogP contribution is -2.26. The summed E-state index contributed by atoms with van der Waals surface area (Å²) in [7, 11) is 0. The molecule has 0 heterocycles. The highest BCUT2D eigenvalue weighted by Crippen LogP contribution is 2.60. The van der Waals surface area contributed by atoms with Crippen LogP contribution in [0.3, 0.4) is 0 Å². The summed E-state index contributed by atoms with van der Waals surface area (Å²) >= 11 is 0. The van der Waals surface area contributed by atoms with Crippen LogP contribution < -0.4 is 0 Å². The minimum absolute atomic E-state index is 0.198. The third-order valence-electron chi connectivity index (χ3n) is 4.97. The molecule has 1 nitrogen and oxygen atoms in total. The third-order valence-corrected chi connectivity index (χ3v) is 4.97. The van der Waals surface area contributed by atoms with Crippen LogP contribution in [0.15, 0.2) is 23.8 Å². The van der Waals surface area contributed by atoms with Crippen molar-refractivity contribution in [2.24, 2.45) is 17.3 Å². The monoisotopic (exact) mass is 220 g/mol. The van der Waals surface area contributed by atoms with Crippen LogP contribution in [0.2, 0.25) is 0 Å². The van der Waals surface area contributed by atoms with Crippen LogP contribution in [0.25, 0.3) is 0 Å².